The van der Waals surface area contributed by atoms with Gasteiger partial charge in [-0.25, -0.2) is 13.2 Å². The molecule has 0 saturated heterocycles. The molecule has 5 heteroatoms. The summed E-state index contributed by atoms with van der Waals surface area (Å²) in [5, 5.41) is 1.44. The van der Waals surface area contributed by atoms with Crippen molar-refractivity contribution in [3.63, 3.8) is 0 Å². The van der Waals surface area contributed by atoms with Crippen LogP contribution in [0.3, 0.4) is 0 Å². The molecular formula is C20H12F4O. The second-order valence-corrected chi connectivity index (χ2v) is 5.25. The number of fused-ring (bicyclic) bond motifs is 1. The molecule has 0 radical (unpaired) electrons. The predicted octanol–water partition coefficient (Wildman–Crippen LogP) is 5.19. The zero-order chi connectivity index (χ0) is 18.0. The van der Waals surface area contributed by atoms with Gasteiger partial charge in [0.1, 0.15) is 5.82 Å². The van der Waals surface area contributed by atoms with Crippen LogP contribution in [0.2, 0.25) is 0 Å². The summed E-state index contributed by atoms with van der Waals surface area (Å²) >= 11 is 0. The second-order valence-electron chi connectivity index (χ2n) is 5.25. The highest BCUT2D eigenvalue weighted by Gasteiger charge is 2.19. The standard InChI is InChI=1S/C20H12F4O/c1-2-25-20-17(22)11-15(18(23)19(20)24)6-4-12-3-5-14-10-16(21)8-7-13(14)9-12/h3,5,7-11H,2H2,1H3. The topological polar surface area (TPSA) is 9.23 Å². The maximum atomic E-state index is 14.0. The fraction of sp³-hybridized carbons (Fsp3) is 0.100. The van der Waals surface area contributed by atoms with E-state index in [1.807, 2.05) is 0 Å². The Hall–Kier alpha value is -3.00. The summed E-state index contributed by atoms with van der Waals surface area (Å²) < 4.78 is 59.6. The predicted molar refractivity (Wildman–Crippen MR) is 87.4 cm³/mol. The van der Waals surface area contributed by atoms with Crippen molar-refractivity contribution in [3.8, 4) is 17.6 Å². The van der Waals surface area contributed by atoms with E-state index in [1.165, 1.54) is 19.1 Å². The van der Waals surface area contributed by atoms with Gasteiger partial charge >= 0.3 is 0 Å². The Morgan fingerprint density at radius 3 is 2.32 bits per heavy atom. The normalized spacial score (nSPS) is 10.4. The molecule has 0 aliphatic carbocycles. The number of rotatable bonds is 2. The molecule has 0 unspecified atom stereocenters. The lowest BCUT2D eigenvalue weighted by Gasteiger charge is -2.07. The summed E-state index contributed by atoms with van der Waals surface area (Å²) in [5.41, 5.74) is 0.103. The Morgan fingerprint density at radius 2 is 1.56 bits per heavy atom. The van der Waals surface area contributed by atoms with Crippen molar-refractivity contribution in [1.29, 1.82) is 0 Å². The summed E-state index contributed by atoms with van der Waals surface area (Å²) in [4.78, 5) is 0. The van der Waals surface area contributed by atoms with Gasteiger partial charge in [-0.05, 0) is 48.0 Å². The van der Waals surface area contributed by atoms with E-state index in [0.29, 0.717) is 10.9 Å². The molecule has 3 aromatic carbocycles. The summed E-state index contributed by atoms with van der Waals surface area (Å²) in [6.07, 6.45) is 0. The van der Waals surface area contributed by atoms with Crippen molar-refractivity contribution < 1.29 is 22.3 Å². The molecule has 0 heterocycles. The second kappa shape index (κ2) is 6.86. The van der Waals surface area contributed by atoms with Crippen LogP contribution in [0.25, 0.3) is 10.8 Å². The molecule has 1 nitrogen and oxygen atoms in total. The van der Waals surface area contributed by atoms with Crippen LogP contribution in [0.4, 0.5) is 17.6 Å². The third kappa shape index (κ3) is 3.43. The molecule has 0 N–H and O–H groups in total. The van der Waals surface area contributed by atoms with Gasteiger partial charge in [0.05, 0.1) is 12.2 Å². The van der Waals surface area contributed by atoms with Crippen LogP contribution in [0, 0.1) is 35.1 Å². The first-order valence-electron chi connectivity index (χ1n) is 7.51. The highest BCUT2D eigenvalue weighted by atomic mass is 19.2. The molecule has 0 bridgehead atoms. The van der Waals surface area contributed by atoms with Crippen LogP contribution in [0.1, 0.15) is 18.1 Å². The van der Waals surface area contributed by atoms with E-state index in [0.717, 1.165) is 11.5 Å². The summed E-state index contributed by atoms with van der Waals surface area (Å²) in [7, 11) is 0. The molecule has 0 amide bonds. The first-order chi connectivity index (χ1) is 12.0. The fourth-order valence-electron chi connectivity index (χ4n) is 2.38. The van der Waals surface area contributed by atoms with Crippen molar-refractivity contribution in [1.82, 2.24) is 0 Å². The summed E-state index contributed by atoms with van der Waals surface area (Å²) in [5.74, 6) is 0.292. The SMILES string of the molecule is CCOc1c(F)cc(C#Cc2ccc3cc(F)ccc3c2)c(F)c1F. The van der Waals surface area contributed by atoms with Crippen molar-refractivity contribution >= 4 is 10.8 Å². The highest BCUT2D eigenvalue weighted by Crippen LogP contribution is 2.26. The fourth-order valence-corrected chi connectivity index (χ4v) is 2.38. The van der Waals surface area contributed by atoms with Crippen LogP contribution >= 0.6 is 0 Å². The molecule has 3 aromatic rings. The molecule has 0 fully saturated rings. The molecule has 126 valence electrons. The lowest BCUT2D eigenvalue weighted by atomic mass is 10.1. The van der Waals surface area contributed by atoms with Gasteiger partial charge in [0.25, 0.3) is 0 Å². The molecule has 0 saturated carbocycles. The van der Waals surface area contributed by atoms with Gasteiger partial charge in [-0.1, -0.05) is 24.0 Å². The van der Waals surface area contributed by atoms with E-state index >= 15 is 0 Å². The van der Waals surface area contributed by atoms with E-state index in [2.05, 4.69) is 11.8 Å². The zero-order valence-electron chi connectivity index (χ0n) is 13.2. The number of benzene rings is 3. The van der Waals surface area contributed by atoms with Crippen LogP contribution in [-0.4, -0.2) is 6.61 Å². The zero-order valence-corrected chi connectivity index (χ0v) is 13.2. The van der Waals surface area contributed by atoms with Crippen molar-refractivity contribution in [2.75, 3.05) is 6.61 Å². The smallest absolute Gasteiger partial charge is 0.204 e. The average molecular weight is 344 g/mol. The molecule has 0 aliphatic rings. The third-order valence-corrected chi connectivity index (χ3v) is 3.55. The van der Waals surface area contributed by atoms with E-state index < -0.39 is 28.8 Å². The van der Waals surface area contributed by atoms with Gasteiger partial charge in [0.2, 0.25) is 5.82 Å². The maximum absolute atomic E-state index is 14.0. The van der Waals surface area contributed by atoms with E-state index in [-0.39, 0.29) is 12.4 Å². The van der Waals surface area contributed by atoms with E-state index in [1.54, 1.807) is 24.3 Å². The number of hydrogen-bond donors (Lipinski definition) is 0. The highest BCUT2D eigenvalue weighted by molar-refractivity contribution is 5.83. The monoisotopic (exact) mass is 344 g/mol. The largest absolute Gasteiger partial charge is 0.488 e. The van der Waals surface area contributed by atoms with Gasteiger partial charge in [-0.2, -0.15) is 4.39 Å². The van der Waals surface area contributed by atoms with E-state index in [4.69, 9.17) is 4.74 Å². The molecule has 0 aliphatic heterocycles. The van der Waals surface area contributed by atoms with Crippen LogP contribution in [0.5, 0.6) is 5.75 Å². The summed E-state index contributed by atoms with van der Waals surface area (Å²) in [6.45, 7) is 1.55. The van der Waals surface area contributed by atoms with Crippen LogP contribution in [-0.2, 0) is 0 Å². The van der Waals surface area contributed by atoms with Crippen molar-refractivity contribution in [3.05, 3.63) is 76.9 Å². The first kappa shape index (κ1) is 16.8. The Kier molecular flexibility index (Phi) is 4.62. The Bertz CT molecular complexity index is 1020. The Morgan fingerprint density at radius 1 is 0.840 bits per heavy atom. The lowest BCUT2D eigenvalue weighted by molar-refractivity contribution is 0.295. The van der Waals surface area contributed by atoms with Gasteiger partial charge in [0, 0.05) is 5.56 Å². The molecule has 0 atom stereocenters. The molecular weight excluding hydrogens is 332 g/mol. The minimum atomic E-state index is -1.40. The quantitative estimate of drug-likeness (QED) is 0.353. The number of halogens is 4. The van der Waals surface area contributed by atoms with Crippen LogP contribution < -0.4 is 4.74 Å². The van der Waals surface area contributed by atoms with Crippen molar-refractivity contribution in [2.45, 2.75) is 6.92 Å². The first-order valence-corrected chi connectivity index (χ1v) is 7.51. The van der Waals surface area contributed by atoms with Gasteiger partial charge < -0.3 is 4.74 Å². The van der Waals surface area contributed by atoms with Gasteiger partial charge in [-0.3, -0.25) is 0 Å². The van der Waals surface area contributed by atoms with Gasteiger partial charge in [0.15, 0.2) is 17.4 Å². The number of hydrogen-bond acceptors (Lipinski definition) is 1. The lowest BCUT2D eigenvalue weighted by Crippen LogP contribution is -2.02. The number of ether oxygens (including phenoxy) is 1. The van der Waals surface area contributed by atoms with Crippen LogP contribution in [0.15, 0.2) is 42.5 Å². The Balaban J connectivity index is 2.00. The average Bonchev–Trinajstić information content (AvgIpc) is 2.60. The van der Waals surface area contributed by atoms with Gasteiger partial charge in [-0.15, -0.1) is 0 Å². The van der Waals surface area contributed by atoms with Crippen molar-refractivity contribution in [2.24, 2.45) is 0 Å². The molecule has 0 spiro atoms. The third-order valence-electron chi connectivity index (χ3n) is 3.55. The molecule has 3 rings (SSSR count). The minimum absolute atomic E-state index is 0.00991. The van der Waals surface area contributed by atoms with E-state index in [9.17, 15) is 17.6 Å². The molecule has 0 aromatic heterocycles. The molecule has 25 heavy (non-hydrogen) atoms. The minimum Gasteiger partial charge on any atom is -0.488 e. The summed E-state index contributed by atoms with van der Waals surface area (Å²) in [6, 6.07) is 10.0. The maximum Gasteiger partial charge on any atom is 0.204 e. The Labute approximate surface area is 141 Å².